The van der Waals surface area contributed by atoms with Crippen molar-refractivity contribution in [2.45, 2.75) is 44.2 Å². The Morgan fingerprint density at radius 3 is 2.68 bits per heavy atom. The van der Waals surface area contributed by atoms with Crippen LogP contribution in [-0.2, 0) is 19.1 Å². The lowest BCUT2D eigenvalue weighted by molar-refractivity contribution is -0.155. The number of nitrogens with zero attached hydrogens (tertiary/aromatic N) is 1. The predicted molar refractivity (Wildman–Crippen MR) is 97.0 cm³/mol. The summed E-state index contributed by atoms with van der Waals surface area (Å²) in [5.41, 5.74) is -1.04. The highest BCUT2D eigenvalue weighted by Gasteiger charge is 2.52. The van der Waals surface area contributed by atoms with Crippen LogP contribution in [0.5, 0.6) is 0 Å². The molecule has 1 aliphatic heterocycles. The van der Waals surface area contributed by atoms with E-state index in [0.29, 0.717) is 12.8 Å². The minimum absolute atomic E-state index is 0.116. The van der Waals surface area contributed by atoms with Crippen molar-refractivity contribution in [3.63, 3.8) is 0 Å². The number of carbonyl (C=O) groups is 4. The average molecular weight is 412 g/mol. The fourth-order valence-corrected chi connectivity index (χ4v) is 3.54. The van der Waals surface area contributed by atoms with E-state index in [2.05, 4.69) is 10.6 Å². The molecule has 28 heavy (non-hydrogen) atoms. The van der Waals surface area contributed by atoms with Gasteiger partial charge in [0.25, 0.3) is 11.8 Å². The Morgan fingerprint density at radius 1 is 1.36 bits per heavy atom. The van der Waals surface area contributed by atoms with Gasteiger partial charge in [0.1, 0.15) is 17.9 Å². The number of anilines is 1. The van der Waals surface area contributed by atoms with Crippen LogP contribution in [0.1, 0.15) is 32.6 Å². The normalized spacial score (nSPS) is 18.9. The molecule has 1 spiro atoms. The molecule has 1 aliphatic carbocycles. The van der Waals surface area contributed by atoms with Gasteiger partial charge in [-0.15, -0.1) is 0 Å². The summed E-state index contributed by atoms with van der Waals surface area (Å²) in [6.07, 6.45) is 1.46. The van der Waals surface area contributed by atoms with E-state index in [1.165, 1.54) is 19.1 Å². The SMILES string of the molecule is C[C@@H](OC(=O)CN1C(=O)NC2(CCCC2)C1=O)C(=O)Nc1ccc(Cl)cc1F. The summed E-state index contributed by atoms with van der Waals surface area (Å²) < 4.78 is 18.7. The molecule has 0 radical (unpaired) electrons. The molecule has 1 saturated carbocycles. The van der Waals surface area contributed by atoms with Gasteiger partial charge in [0.2, 0.25) is 0 Å². The zero-order valence-electron chi connectivity index (χ0n) is 15.1. The molecular formula is C18H19ClFN3O5. The third kappa shape index (κ3) is 3.94. The molecule has 1 saturated heterocycles. The monoisotopic (exact) mass is 411 g/mol. The Kier molecular flexibility index (Phi) is 5.55. The van der Waals surface area contributed by atoms with Gasteiger partial charge in [0.05, 0.1) is 5.69 Å². The fraction of sp³-hybridized carbons (Fsp3) is 0.444. The highest BCUT2D eigenvalue weighted by Crippen LogP contribution is 2.34. The number of amides is 4. The van der Waals surface area contributed by atoms with Crippen molar-refractivity contribution < 1.29 is 28.3 Å². The lowest BCUT2D eigenvalue weighted by Crippen LogP contribution is -2.44. The first-order chi connectivity index (χ1) is 13.2. The van der Waals surface area contributed by atoms with E-state index in [-0.39, 0.29) is 10.7 Å². The van der Waals surface area contributed by atoms with Gasteiger partial charge in [0.15, 0.2) is 6.10 Å². The van der Waals surface area contributed by atoms with Gasteiger partial charge in [-0.05, 0) is 38.0 Å². The number of carbonyl (C=O) groups excluding carboxylic acids is 4. The number of imide groups is 1. The molecule has 10 heteroatoms. The molecule has 0 unspecified atom stereocenters. The molecule has 1 aromatic carbocycles. The molecule has 8 nitrogen and oxygen atoms in total. The number of hydrogen-bond donors (Lipinski definition) is 2. The number of halogens is 2. The zero-order chi connectivity index (χ0) is 20.5. The lowest BCUT2D eigenvalue weighted by atomic mass is 9.98. The third-order valence-electron chi connectivity index (χ3n) is 4.86. The maximum atomic E-state index is 13.7. The topological polar surface area (TPSA) is 105 Å². The fourth-order valence-electron chi connectivity index (χ4n) is 3.38. The summed E-state index contributed by atoms with van der Waals surface area (Å²) in [7, 11) is 0. The van der Waals surface area contributed by atoms with E-state index in [0.717, 1.165) is 23.8 Å². The van der Waals surface area contributed by atoms with E-state index < -0.39 is 47.8 Å². The molecule has 3 rings (SSSR count). The Bertz CT molecular complexity index is 841. The Labute approximate surface area is 165 Å². The van der Waals surface area contributed by atoms with Crippen molar-refractivity contribution in [1.82, 2.24) is 10.2 Å². The smallest absolute Gasteiger partial charge is 0.327 e. The number of esters is 1. The van der Waals surface area contributed by atoms with E-state index in [9.17, 15) is 23.6 Å². The summed E-state index contributed by atoms with van der Waals surface area (Å²) in [5.74, 6) is -2.87. The summed E-state index contributed by atoms with van der Waals surface area (Å²) in [5, 5.41) is 5.11. The van der Waals surface area contributed by atoms with Crippen LogP contribution in [-0.4, -0.2) is 46.9 Å². The van der Waals surface area contributed by atoms with Crippen LogP contribution < -0.4 is 10.6 Å². The summed E-state index contributed by atoms with van der Waals surface area (Å²) in [6.45, 7) is 0.699. The van der Waals surface area contributed by atoms with Crippen molar-refractivity contribution >= 4 is 41.1 Å². The lowest BCUT2D eigenvalue weighted by Gasteiger charge is -2.20. The third-order valence-corrected chi connectivity index (χ3v) is 5.09. The first-order valence-corrected chi connectivity index (χ1v) is 9.19. The standard InChI is InChI=1S/C18H19ClFN3O5/c1-10(15(25)21-13-5-4-11(19)8-12(13)20)28-14(24)9-23-16(26)18(22-17(23)27)6-2-3-7-18/h4-5,8,10H,2-3,6-7,9H2,1H3,(H,21,25)(H,22,27)/t10-/m1/s1. The Morgan fingerprint density at radius 2 is 2.04 bits per heavy atom. The average Bonchev–Trinajstić information content (AvgIpc) is 3.18. The van der Waals surface area contributed by atoms with Crippen molar-refractivity contribution in [2.75, 3.05) is 11.9 Å². The van der Waals surface area contributed by atoms with Crippen molar-refractivity contribution in [3.8, 4) is 0 Å². The summed E-state index contributed by atoms with van der Waals surface area (Å²) in [6, 6.07) is 3.06. The first-order valence-electron chi connectivity index (χ1n) is 8.81. The molecule has 0 bridgehead atoms. The second-order valence-corrected chi connectivity index (χ2v) is 7.29. The van der Waals surface area contributed by atoms with Crippen LogP contribution in [0.15, 0.2) is 18.2 Å². The maximum absolute atomic E-state index is 13.7. The van der Waals surface area contributed by atoms with Crippen LogP contribution in [0.25, 0.3) is 0 Å². The number of urea groups is 1. The van der Waals surface area contributed by atoms with Crippen molar-refractivity contribution in [3.05, 3.63) is 29.0 Å². The van der Waals surface area contributed by atoms with Gasteiger partial charge >= 0.3 is 12.0 Å². The molecule has 0 aromatic heterocycles. The number of nitrogens with one attached hydrogen (secondary N) is 2. The van der Waals surface area contributed by atoms with Gasteiger partial charge in [-0.1, -0.05) is 24.4 Å². The number of rotatable bonds is 5. The van der Waals surface area contributed by atoms with E-state index in [4.69, 9.17) is 16.3 Å². The van der Waals surface area contributed by atoms with E-state index >= 15 is 0 Å². The molecule has 1 atom stereocenters. The molecular weight excluding hydrogens is 393 g/mol. The van der Waals surface area contributed by atoms with Crippen molar-refractivity contribution in [2.24, 2.45) is 0 Å². The molecule has 1 aromatic rings. The van der Waals surface area contributed by atoms with Gasteiger partial charge < -0.3 is 15.4 Å². The minimum atomic E-state index is -1.26. The van der Waals surface area contributed by atoms with Gasteiger partial charge in [0, 0.05) is 5.02 Å². The zero-order valence-corrected chi connectivity index (χ0v) is 15.8. The molecule has 2 fully saturated rings. The van der Waals surface area contributed by atoms with Gasteiger partial charge in [-0.25, -0.2) is 9.18 Å². The van der Waals surface area contributed by atoms with Crippen LogP contribution in [0.4, 0.5) is 14.9 Å². The van der Waals surface area contributed by atoms with E-state index in [1.54, 1.807) is 0 Å². The summed E-state index contributed by atoms with van der Waals surface area (Å²) in [4.78, 5) is 49.6. The highest BCUT2D eigenvalue weighted by molar-refractivity contribution is 6.30. The molecule has 1 heterocycles. The Hall–Kier alpha value is -2.68. The van der Waals surface area contributed by atoms with Crippen molar-refractivity contribution in [1.29, 1.82) is 0 Å². The van der Waals surface area contributed by atoms with Crippen LogP contribution in [0.2, 0.25) is 5.02 Å². The second kappa shape index (κ2) is 7.75. The molecule has 4 amide bonds. The summed E-state index contributed by atoms with van der Waals surface area (Å²) >= 11 is 5.65. The predicted octanol–water partition coefficient (Wildman–Crippen LogP) is 2.21. The van der Waals surface area contributed by atoms with Crippen LogP contribution >= 0.6 is 11.6 Å². The van der Waals surface area contributed by atoms with E-state index in [1.807, 2.05) is 0 Å². The number of ether oxygens (including phenoxy) is 1. The van der Waals surface area contributed by atoms with Crippen LogP contribution in [0, 0.1) is 5.82 Å². The van der Waals surface area contributed by atoms with Gasteiger partial charge in [-0.2, -0.15) is 0 Å². The molecule has 2 aliphatic rings. The maximum Gasteiger partial charge on any atom is 0.327 e. The second-order valence-electron chi connectivity index (χ2n) is 6.86. The Balaban J connectivity index is 1.56. The molecule has 2 N–H and O–H groups in total. The largest absolute Gasteiger partial charge is 0.451 e. The molecule has 150 valence electrons. The minimum Gasteiger partial charge on any atom is -0.451 e. The number of benzene rings is 1. The quantitative estimate of drug-likeness (QED) is 0.571. The number of hydrogen-bond acceptors (Lipinski definition) is 5. The van der Waals surface area contributed by atoms with Gasteiger partial charge in [-0.3, -0.25) is 19.3 Å². The highest BCUT2D eigenvalue weighted by atomic mass is 35.5. The van der Waals surface area contributed by atoms with Crippen LogP contribution in [0.3, 0.4) is 0 Å². The first kappa shape index (κ1) is 20.1.